The number of nitrogens with two attached hydrogens (primary N) is 1. The van der Waals surface area contributed by atoms with Crippen molar-refractivity contribution >= 4 is 42.3 Å². The highest BCUT2D eigenvalue weighted by atomic mass is 35.5. The molecule has 0 spiro atoms. The van der Waals surface area contributed by atoms with E-state index in [0.29, 0.717) is 11.2 Å². The van der Waals surface area contributed by atoms with Crippen molar-refractivity contribution in [2.75, 3.05) is 18.9 Å². The lowest BCUT2D eigenvalue weighted by atomic mass is 10.1. The van der Waals surface area contributed by atoms with Gasteiger partial charge in [0.15, 0.2) is 29.2 Å². The fraction of sp³-hybridized carbons (Fsp3) is 0.364. The summed E-state index contributed by atoms with van der Waals surface area (Å²) in [6.07, 6.45) is 0.638. The van der Waals surface area contributed by atoms with Crippen molar-refractivity contribution in [2.24, 2.45) is 0 Å². The Morgan fingerprint density at radius 2 is 2.05 bits per heavy atom. The molecule has 3 heterocycles. The first kappa shape index (κ1) is 26.7. The Bertz CT molecular complexity index is 1380. The van der Waals surface area contributed by atoms with E-state index in [-0.39, 0.29) is 41.4 Å². The van der Waals surface area contributed by atoms with E-state index >= 15 is 0 Å². The van der Waals surface area contributed by atoms with Crippen LogP contribution in [0.5, 0.6) is 5.75 Å². The maximum absolute atomic E-state index is 14.0. The third-order valence-electron chi connectivity index (χ3n) is 5.23. The van der Waals surface area contributed by atoms with Crippen molar-refractivity contribution in [2.45, 2.75) is 39.0 Å². The minimum Gasteiger partial charge on any atom is -0.468 e. The number of benzene rings is 1. The van der Waals surface area contributed by atoms with Gasteiger partial charge in [-0.05, 0) is 44.5 Å². The van der Waals surface area contributed by atoms with E-state index in [9.17, 15) is 14.5 Å². The number of para-hydroxylation sites is 1. The second-order valence-electron chi connectivity index (χ2n) is 8.43. The second-order valence-corrected chi connectivity index (χ2v) is 10.4. The highest BCUT2D eigenvalue weighted by molar-refractivity contribution is 7.52. The van der Waals surface area contributed by atoms with Crippen molar-refractivity contribution in [3.8, 4) is 5.75 Å². The number of carbonyl (C=O) groups excluding carboxylic acids is 1. The highest BCUT2D eigenvalue weighted by Crippen LogP contribution is 2.51. The van der Waals surface area contributed by atoms with Crippen molar-refractivity contribution in [1.82, 2.24) is 24.6 Å². The number of aliphatic hydroxyl groups is 1. The molecule has 1 aromatic carbocycles. The zero-order chi connectivity index (χ0) is 26.8. The molecule has 1 unspecified atom stereocenters. The third kappa shape index (κ3) is 5.80. The number of esters is 1. The molecule has 37 heavy (non-hydrogen) atoms. The van der Waals surface area contributed by atoms with E-state index in [4.69, 9.17) is 35.9 Å². The normalized spacial score (nSPS) is 17.4. The molecule has 0 bridgehead atoms. The number of carbonyl (C=O) groups is 1. The van der Waals surface area contributed by atoms with Gasteiger partial charge in [-0.1, -0.05) is 18.2 Å². The van der Waals surface area contributed by atoms with Gasteiger partial charge in [0.1, 0.15) is 29.7 Å². The van der Waals surface area contributed by atoms with Crippen LogP contribution in [-0.2, 0) is 23.4 Å². The number of aromatic nitrogens is 4. The zero-order valence-corrected chi connectivity index (χ0v) is 21.9. The number of hydrogen-bond acceptors (Lipinski definition) is 11. The molecule has 0 aliphatic carbocycles. The molecule has 3 aromatic rings. The first-order valence-electron chi connectivity index (χ1n) is 11.2. The molecule has 13 nitrogen and oxygen atoms in total. The lowest BCUT2D eigenvalue weighted by Gasteiger charge is -2.29. The number of rotatable bonds is 10. The van der Waals surface area contributed by atoms with Crippen LogP contribution in [0.2, 0.25) is 5.28 Å². The van der Waals surface area contributed by atoms with Gasteiger partial charge in [-0.25, -0.2) is 9.55 Å². The fourth-order valence-corrected chi connectivity index (χ4v) is 5.50. The second kappa shape index (κ2) is 10.5. The molecular weight excluding hydrogens is 527 g/mol. The Hall–Kier alpha value is -3.38. The Morgan fingerprint density at radius 1 is 1.32 bits per heavy atom. The lowest BCUT2D eigenvalue weighted by molar-refractivity contribution is -0.149. The van der Waals surface area contributed by atoms with Crippen molar-refractivity contribution < 1.29 is 33.0 Å². The van der Waals surface area contributed by atoms with Crippen molar-refractivity contribution in [1.29, 1.82) is 0 Å². The summed E-state index contributed by atoms with van der Waals surface area (Å²) in [6, 6.07) is 8.29. The monoisotopic (exact) mass is 552 g/mol. The zero-order valence-electron chi connectivity index (χ0n) is 20.3. The standard InChI is InChI=1S/C22H26ClN6O7P/c1-4-33-20(31)22(2,3)28-37(32,35-13-8-6-5-7-9-13)36-14-10-16(34-15(14)11-30)29-12-25-17-18(24)26-21(23)27-19(17)29/h5-9,12,16,30H,4,10-11H2,1-3H3,(H,28,32)(H2,24,26,27)/t16-,37?/m1/s1. The minimum atomic E-state index is -4.30. The van der Waals surface area contributed by atoms with E-state index in [1.807, 2.05) is 0 Å². The number of hydrogen-bond donors (Lipinski definition) is 3. The van der Waals surface area contributed by atoms with Gasteiger partial charge >= 0.3 is 13.7 Å². The summed E-state index contributed by atoms with van der Waals surface area (Å²) < 4.78 is 38.1. The molecule has 2 atom stereocenters. The molecule has 4 rings (SSSR count). The minimum absolute atomic E-state index is 0.00648. The maximum Gasteiger partial charge on any atom is 0.513 e. The number of halogens is 1. The Morgan fingerprint density at radius 3 is 2.73 bits per heavy atom. The van der Waals surface area contributed by atoms with Gasteiger partial charge in [-0.2, -0.15) is 15.1 Å². The molecule has 4 N–H and O–H groups in total. The molecule has 0 radical (unpaired) electrons. The Kier molecular flexibility index (Phi) is 7.60. The van der Waals surface area contributed by atoms with E-state index in [2.05, 4.69) is 20.0 Å². The van der Waals surface area contributed by atoms with Crippen molar-refractivity contribution in [3.05, 3.63) is 53.5 Å². The number of nitrogens with one attached hydrogen (secondary N) is 1. The van der Waals surface area contributed by atoms with Crippen LogP contribution in [0.3, 0.4) is 0 Å². The van der Waals surface area contributed by atoms with Gasteiger partial charge in [0.25, 0.3) is 0 Å². The Labute approximate surface area is 217 Å². The molecule has 1 aliphatic rings. The summed E-state index contributed by atoms with van der Waals surface area (Å²) in [6.45, 7) is 4.18. The fourth-order valence-electron chi connectivity index (χ4n) is 3.56. The highest BCUT2D eigenvalue weighted by Gasteiger charge is 2.43. The van der Waals surface area contributed by atoms with E-state index in [1.54, 1.807) is 37.3 Å². The summed E-state index contributed by atoms with van der Waals surface area (Å²) >= 11 is 5.96. The van der Waals surface area contributed by atoms with Crippen LogP contribution < -0.4 is 15.3 Å². The molecule has 1 aliphatic heterocycles. The SMILES string of the molecule is CCOC(=O)C(C)(C)NP(=O)(OC1=C(CO)O[C@@H](n2cnc3c(N)nc(Cl)nc32)C1)Oc1ccccc1. The molecule has 0 saturated heterocycles. The first-order chi connectivity index (χ1) is 17.5. The van der Waals surface area contributed by atoms with Crippen LogP contribution in [-0.4, -0.2) is 49.3 Å². The summed E-state index contributed by atoms with van der Waals surface area (Å²) in [5.74, 6) is -0.306. The molecular formula is C22H26ClN6O7P. The van der Waals surface area contributed by atoms with Crippen LogP contribution in [0.15, 0.2) is 48.2 Å². The van der Waals surface area contributed by atoms with Crippen LogP contribution in [0.1, 0.15) is 33.4 Å². The predicted octanol–water partition coefficient (Wildman–Crippen LogP) is 3.32. The average molecular weight is 553 g/mol. The number of imidazole rings is 1. The van der Waals surface area contributed by atoms with E-state index in [1.165, 1.54) is 24.7 Å². The van der Waals surface area contributed by atoms with Gasteiger partial charge in [0, 0.05) is 0 Å². The van der Waals surface area contributed by atoms with E-state index < -0.39 is 32.1 Å². The van der Waals surface area contributed by atoms with Gasteiger partial charge in [-0.15, -0.1) is 0 Å². The van der Waals surface area contributed by atoms with Crippen LogP contribution in [0, 0.1) is 0 Å². The number of ether oxygens (including phenoxy) is 2. The number of anilines is 1. The molecule has 2 aromatic heterocycles. The number of nitrogens with zero attached hydrogens (tertiary/aromatic N) is 4. The van der Waals surface area contributed by atoms with Crippen LogP contribution in [0.25, 0.3) is 11.2 Å². The molecule has 0 fully saturated rings. The van der Waals surface area contributed by atoms with E-state index in [0.717, 1.165) is 0 Å². The summed E-state index contributed by atoms with van der Waals surface area (Å²) in [5, 5.41) is 12.5. The largest absolute Gasteiger partial charge is 0.513 e. The lowest BCUT2D eigenvalue weighted by Crippen LogP contribution is -2.47. The van der Waals surface area contributed by atoms with Crippen LogP contribution >= 0.6 is 19.3 Å². The topological polar surface area (TPSA) is 173 Å². The molecule has 0 amide bonds. The molecule has 0 saturated carbocycles. The quantitative estimate of drug-likeness (QED) is 0.190. The van der Waals surface area contributed by atoms with Crippen LogP contribution in [0.4, 0.5) is 5.82 Å². The average Bonchev–Trinajstić information content (AvgIpc) is 3.43. The van der Waals surface area contributed by atoms with Gasteiger partial charge in [-0.3, -0.25) is 9.36 Å². The van der Waals surface area contributed by atoms with Gasteiger partial charge < -0.3 is 29.4 Å². The summed E-state index contributed by atoms with van der Waals surface area (Å²) in [4.78, 5) is 24.7. The summed E-state index contributed by atoms with van der Waals surface area (Å²) in [7, 11) is -4.30. The smallest absolute Gasteiger partial charge is 0.468 e. The number of fused-ring (bicyclic) bond motifs is 1. The van der Waals surface area contributed by atoms with Gasteiger partial charge in [0.2, 0.25) is 5.28 Å². The van der Waals surface area contributed by atoms with Gasteiger partial charge in [0.05, 0.1) is 13.0 Å². The number of nitrogen functional groups attached to an aromatic ring is 1. The number of aliphatic hydroxyl groups excluding tert-OH is 1. The maximum atomic E-state index is 14.0. The first-order valence-corrected chi connectivity index (χ1v) is 13.1. The van der Waals surface area contributed by atoms with Crippen molar-refractivity contribution in [3.63, 3.8) is 0 Å². The Balaban J connectivity index is 1.64. The summed E-state index contributed by atoms with van der Waals surface area (Å²) in [5.41, 5.74) is 5.04. The third-order valence-corrected chi connectivity index (χ3v) is 7.14. The molecule has 15 heteroatoms. The predicted molar refractivity (Wildman–Crippen MR) is 133 cm³/mol. The molecule has 198 valence electrons.